The van der Waals surface area contributed by atoms with Crippen molar-refractivity contribution < 1.29 is 42.3 Å². The van der Waals surface area contributed by atoms with Crippen LogP contribution in [0.1, 0.15) is 292 Å². The Morgan fingerprint density at radius 1 is 0.270 bits per heavy atom. The molecule has 0 saturated heterocycles. The first kappa shape index (κ1) is 111. The summed E-state index contributed by atoms with van der Waals surface area (Å²) in [5.74, 6) is 3.14. The van der Waals surface area contributed by atoms with Gasteiger partial charge in [0.15, 0.2) is 0 Å². The maximum absolute atomic E-state index is 12.0. The number of carbonyl (C=O) groups is 2. The largest absolute Gasteiger partial charge is 0.494 e. The van der Waals surface area contributed by atoms with E-state index < -0.39 is 12.2 Å². The molecule has 0 N–H and O–H groups in total. The Bertz CT molecular complexity index is 6230. The summed E-state index contributed by atoms with van der Waals surface area (Å²) in [6, 6.07) is 90.8. The first-order valence-corrected chi connectivity index (χ1v) is 60.0. The topological polar surface area (TPSA) is 89.5 Å². The highest BCUT2D eigenvalue weighted by Crippen LogP contribution is 2.59. The molecule has 0 fully saturated rings. The molecule has 6 heterocycles. The van der Waals surface area contributed by atoms with E-state index >= 15 is 0 Å². The number of rotatable bonds is 63. The fourth-order valence-corrected chi connectivity index (χ4v) is 27.0. The quantitative estimate of drug-likeness (QED) is 0.0161. The number of thiophene rings is 6. The summed E-state index contributed by atoms with van der Waals surface area (Å²) in [5, 5.41) is 0. The number of hydrogen-bond acceptors (Lipinski definition) is 14. The zero-order valence-corrected chi connectivity index (χ0v) is 93.1. The van der Waals surface area contributed by atoms with Crippen molar-refractivity contribution in [2.75, 3.05) is 26.4 Å². The van der Waals surface area contributed by atoms with Gasteiger partial charge in [0.25, 0.3) is 0 Å². The van der Waals surface area contributed by atoms with Crippen LogP contribution >= 0.6 is 68.0 Å². The molecule has 0 amide bonds. The summed E-state index contributed by atoms with van der Waals surface area (Å²) in [6.45, 7) is 33.0. The second-order valence-corrected chi connectivity index (χ2v) is 46.2. The van der Waals surface area contributed by atoms with Crippen LogP contribution in [0, 0.1) is 0 Å². The van der Waals surface area contributed by atoms with Gasteiger partial charge < -0.3 is 28.4 Å². The molecule has 0 radical (unpaired) electrons. The van der Waals surface area contributed by atoms with Crippen molar-refractivity contribution in [2.24, 2.45) is 0 Å². The third kappa shape index (κ3) is 29.7. The average molecular weight is 2090 g/mol. The van der Waals surface area contributed by atoms with Crippen LogP contribution in [0.3, 0.4) is 0 Å². The van der Waals surface area contributed by atoms with Crippen molar-refractivity contribution in [1.82, 2.24) is 0 Å². The molecule has 8 nitrogen and oxygen atoms in total. The molecular formula is C134H158O8S6. The summed E-state index contributed by atoms with van der Waals surface area (Å²) >= 11 is 11.3. The first-order valence-electron chi connectivity index (χ1n) is 55.1. The van der Waals surface area contributed by atoms with E-state index in [9.17, 15) is 9.59 Å². The van der Waals surface area contributed by atoms with Crippen LogP contribution in [0.25, 0.3) is 125 Å². The van der Waals surface area contributed by atoms with Gasteiger partial charge in [-0.3, -0.25) is 9.59 Å². The van der Waals surface area contributed by atoms with Crippen LogP contribution in [0.2, 0.25) is 0 Å². The molecule has 2 aliphatic carbocycles. The molecule has 16 rings (SSSR count). The number of fused-ring (bicyclic) bond motifs is 6. The highest BCUT2D eigenvalue weighted by atomic mass is 32.1. The lowest BCUT2D eigenvalue weighted by Gasteiger charge is -2.33. The van der Waals surface area contributed by atoms with E-state index in [1.54, 1.807) is 58.1 Å². The first-order chi connectivity index (χ1) is 72.7. The minimum atomic E-state index is -0.437. The van der Waals surface area contributed by atoms with Gasteiger partial charge in [0, 0.05) is 86.5 Å². The Balaban J connectivity index is 0.000000265. The van der Waals surface area contributed by atoms with E-state index in [0.717, 1.165) is 112 Å². The molecule has 14 aromatic rings. The number of hydrogen-bond donors (Lipinski definition) is 0. The fourth-order valence-electron chi connectivity index (χ4n) is 20.8. The molecule has 0 saturated carbocycles. The second kappa shape index (κ2) is 57.5. The number of carbonyl (C=O) groups excluding carboxylic acids is 2. The minimum Gasteiger partial charge on any atom is -0.494 e. The molecular weight excluding hydrogens is 1930 g/mol. The molecule has 778 valence electrons. The smallest absolute Gasteiger partial charge is 0.306 e. The van der Waals surface area contributed by atoms with Gasteiger partial charge in [-0.05, 0) is 384 Å². The van der Waals surface area contributed by atoms with Crippen LogP contribution in [0.4, 0.5) is 0 Å². The van der Waals surface area contributed by atoms with Crippen LogP contribution in [0.5, 0.6) is 23.0 Å². The van der Waals surface area contributed by atoms with Crippen molar-refractivity contribution in [1.29, 1.82) is 0 Å². The summed E-state index contributed by atoms with van der Waals surface area (Å²) in [5.41, 5.74) is 24.0. The fraction of sp³-hybridized carbons (Fsp3) is 0.366. The lowest BCUT2D eigenvalue weighted by molar-refractivity contribution is -0.146. The van der Waals surface area contributed by atoms with Gasteiger partial charge in [-0.25, -0.2) is 0 Å². The van der Waals surface area contributed by atoms with Crippen molar-refractivity contribution in [3.05, 3.63) is 334 Å². The van der Waals surface area contributed by atoms with Crippen LogP contribution in [-0.4, -0.2) is 50.6 Å². The number of allylic oxidation sites excluding steroid dienone is 1. The van der Waals surface area contributed by atoms with Crippen LogP contribution in [-0.2, 0) is 29.9 Å². The SMILES string of the molecule is C=C=CC1(CCC)c2cc(-c3ccc(-c4ccc(OCCCCCC(=O)OC(C=C)C=C)cc4)s3)ccc2-c2ccc(-c3ccc(-c4ccc(OCCCCCC(=O)OC(C=C)C=C)cc4)s3)cc21.CCCCCCCCOc1ccc(-c2ccc(-c3ccc(-c4ccc5c(c4)C(CCCCCCCC)(CCCCCCCC)c4cc(-c6ccc(-c7ccc(-c8ccc(OCCCCCCCC)cc8)s7)s6)ccc4-5)s3)s2)cc1.[HH].[HH].[HH]. The maximum Gasteiger partial charge on any atom is 0.306 e. The maximum atomic E-state index is 12.0. The Morgan fingerprint density at radius 2 is 0.500 bits per heavy atom. The molecule has 14 heteroatoms. The third-order valence-electron chi connectivity index (χ3n) is 29.0. The predicted octanol–water partition coefficient (Wildman–Crippen LogP) is 42.3. The Morgan fingerprint density at radius 3 is 0.770 bits per heavy atom. The van der Waals surface area contributed by atoms with Gasteiger partial charge in [-0.15, -0.1) is 73.8 Å². The highest BCUT2D eigenvalue weighted by molar-refractivity contribution is 7.26. The van der Waals surface area contributed by atoms with E-state index in [1.165, 1.54) is 279 Å². The summed E-state index contributed by atoms with van der Waals surface area (Å²) in [4.78, 5) is 39.5. The second-order valence-electron chi connectivity index (χ2n) is 39.7. The lowest BCUT2D eigenvalue weighted by Crippen LogP contribution is -2.25. The van der Waals surface area contributed by atoms with Crippen molar-refractivity contribution in [3.8, 4) is 148 Å². The molecule has 0 atom stereocenters. The molecule has 2 aliphatic rings. The Kier molecular flexibility index (Phi) is 43.0. The molecule has 0 unspecified atom stereocenters. The van der Waals surface area contributed by atoms with Crippen LogP contribution < -0.4 is 18.9 Å². The molecule has 148 heavy (non-hydrogen) atoms. The van der Waals surface area contributed by atoms with E-state index in [2.05, 4.69) is 298 Å². The third-order valence-corrected chi connectivity index (χ3v) is 36.3. The number of unbranched alkanes of at least 4 members (excludes halogenated alkanes) is 24. The van der Waals surface area contributed by atoms with Gasteiger partial charge in [0.2, 0.25) is 0 Å². The average Bonchev–Trinajstić information content (AvgIpc) is 1.56. The van der Waals surface area contributed by atoms with E-state index in [1.807, 2.05) is 69.6 Å². The Hall–Kier alpha value is -11.4. The van der Waals surface area contributed by atoms with E-state index in [0.29, 0.717) is 26.1 Å². The predicted molar refractivity (Wildman–Crippen MR) is 644 cm³/mol. The normalized spacial score (nSPS) is 12.3. The molecule has 6 aromatic heterocycles. The summed E-state index contributed by atoms with van der Waals surface area (Å²) in [6.07, 6.45) is 48.8. The summed E-state index contributed by atoms with van der Waals surface area (Å²) in [7, 11) is 0. The minimum absolute atomic E-state index is 0. The van der Waals surface area contributed by atoms with Gasteiger partial charge >= 0.3 is 11.9 Å². The Labute approximate surface area is 912 Å². The molecule has 0 aliphatic heterocycles. The van der Waals surface area contributed by atoms with Gasteiger partial charge in [0.05, 0.1) is 26.4 Å². The number of esters is 2. The monoisotopic (exact) mass is 2090 g/mol. The standard InChI is InChI=1S/C73H90O2S4.C61H62O6S2.3H2/c1-5-9-13-17-21-25-49-73(50-26-22-18-14-10-6-2)63-53-57(67-43-47-71(78-67)69-45-41-65(76-69)55-29-35-59(36-30-55)74-51-27-23-19-15-11-7-3)33-39-61(63)62-40-34-58(54-64(62)73)68-44-48-72(79-68)70-46-42-66(77-70)56-31-37-60(38-32-56)75-52-28-24-20-16-12-8-4;1-7-37-61(38-8-2)53-41-45(57-35-33-55(68-57)43-21-27-49(28-22-43)64-39-17-13-15-19-59(62)66-47(9-3)10-4)25-31-51(53)52-32-26-46(42-54(52)61)58-36-34-56(69-58)44-23-29-50(30-24-44)65-40-18-14-16-20-60(63)67-48(11-5)12-6;;;/h29-48,53-54H,5-28,49-52H2,1-4H3;9-12,21-37,41-42,47-48H,1,3-6,8,13-20,38-40H2,2H3;3*1H. The van der Waals surface area contributed by atoms with Gasteiger partial charge in [-0.2, -0.15) is 0 Å². The zero-order valence-electron chi connectivity index (χ0n) is 88.2. The summed E-state index contributed by atoms with van der Waals surface area (Å²) < 4.78 is 34.9. The van der Waals surface area contributed by atoms with Crippen LogP contribution in [0.15, 0.2) is 312 Å². The van der Waals surface area contributed by atoms with E-state index in [4.69, 9.17) is 28.4 Å². The highest BCUT2D eigenvalue weighted by Gasteiger charge is 2.44. The van der Waals surface area contributed by atoms with Crippen molar-refractivity contribution >= 4 is 80.0 Å². The number of benzene rings is 8. The zero-order chi connectivity index (χ0) is 103. The molecule has 8 aromatic carbocycles. The lowest BCUT2D eigenvalue weighted by atomic mass is 9.70. The molecule has 0 spiro atoms. The van der Waals surface area contributed by atoms with E-state index in [-0.39, 0.29) is 27.0 Å². The number of ether oxygens (including phenoxy) is 6. The van der Waals surface area contributed by atoms with Gasteiger partial charge in [-0.1, -0.05) is 264 Å². The molecule has 0 bridgehead atoms. The van der Waals surface area contributed by atoms with Gasteiger partial charge in [0.1, 0.15) is 35.2 Å². The van der Waals surface area contributed by atoms with Crippen molar-refractivity contribution in [3.63, 3.8) is 0 Å². The van der Waals surface area contributed by atoms with Crippen molar-refractivity contribution in [2.45, 2.75) is 289 Å².